The molecule has 3 heterocycles. The molecule has 4 rings (SSSR count). The third-order valence-electron chi connectivity index (χ3n) is 4.23. The number of nitrogens with zero attached hydrogens (tertiary/aromatic N) is 1. The molecule has 1 aromatic carbocycles. The zero-order valence-corrected chi connectivity index (χ0v) is 11.9. The topological polar surface area (TPSA) is 75.4 Å². The summed E-state index contributed by atoms with van der Waals surface area (Å²) in [6.45, 7) is 2.73. The van der Waals surface area contributed by atoms with Crippen LogP contribution in [0.3, 0.4) is 0 Å². The smallest absolute Gasteiger partial charge is 0.245 e. The third kappa shape index (κ3) is 2.41. The molecule has 2 bridgehead atoms. The van der Waals surface area contributed by atoms with Gasteiger partial charge < -0.3 is 10.6 Å². The van der Waals surface area contributed by atoms with E-state index in [1.54, 1.807) is 0 Å². The molecule has 3 N–H and O–H groups in total. The van der Waals surface area contributed by atoms with E-state index in [-0.39, 0.29) is 11.7 Å². The van der Waals surface area contributed by atoms with Gasteiger partial charge in [0.25, 0.3) is 0 Å². The van der Waals surface area contributed by atoms with Crippen LogP contribution < -0.4 is 10.5 Å². The van der Waals surface area contributed by atoms with Crippen molar-refractivity contribution < 1.29 is 12.8 Å². The molecule has 1 unspecified atom stereocenters. The van der Waals surface area contributed by atoms with Gasteiger partial charge >= 0.3 is 0 Å². The number of sulfonamides is 1. The molecule has 110 valence electrons. The maximum atomic E-state index is 13.8. The van der Waals surface area contributed by atoms with Gasteiger partial charge in [-0.3, -0.25) is 0 Å². The summed E-state index contributed by atoms with van der Waals surface area (Å²) in [6, 6.07) is 3.76. The predicted molar refractivity (Wildman–Crippen MR) is 74.1 cm³/mol. The Bertz CT molecular complexity index is 592. The lowest BCUT2D eigenvalue weighted by atomic mass is 9.85. The second kappa shape index (κ2) is 4.98. The average molecular weight is 299 g/mol. The van der Waals surface area contributed by atoms with Crippen LogP contribution in [0.25, 0.3) is 0 Å². The second-order valence-electron chi connectivity index (χ2n) is 5.52. The Morgan fingerprint density at radius 3 is 2.55 bits per heavy atom. The third-order valence-corrected chi connectivity index (χ3v) is 5.81. The fourth-order valence-electron chi connectivity index (χ4n) is 3.17. The molecule has 20 heavy (non-hydrogen) atoms. The minimum Gasteiger partial charge on any atom is -0.398 e. The number of rotatable bonds is 3. The molecule has 3 saturated heterocycles. The number of nitrogens with two attached hydrogens (primary N) is 1. The molecule has 1 atom stereocenters. The molecule has 0 radical (unpaired) electrons. The van der Waals surface area contributed by atoms with Gasteiger partial charge in [-0.25, -0.2) is 17.5 Å². The maximum Gasteiger partial charge on any atom is 0.245 e. The summed E-state index contributed by atoms with van der Waals surface area (Å²) in [5.41, 5.74) is 5.56. The first-order valence-corrected chi connectivity index (χ1v) is 8.24. The maximum absolute atomic E-state index is 13.8. The summed E-state index contributed by atoms with van der Waals surface area (Å²) in [7, 11) is -3.92. The number of fused-ring (bicyclic) bond motifs is 3. The van der Waals surface area contributed by atoms with Gasteiger partial charge in [-0.15, -0.1) is 0 Å². The number of nitrogen functional groups attached to an aromatic ring is 1. The minimum atomic E-state index is -3.92. The van der Waals surface area contributed by atoms with Crippen molar-refractivity contribution in [1.82, 2.24) is 9.62 Å². The molecular weight excluding hydrogens is 281 g/mol. The SMILES string of the molecule is Nc1cccc(F)c1S(=O)(=O)NC1CN2CCC1CC2. The highest BCUT2D eigenvalue weighted by atomic mass is 32.2. The van der Waals surface area contributed by atoms with Crippen LogP contribution >= 0.6 is 0 Å². The van der Waals surface area contributed by atoms with Crippen molar-refractivity contribution >= 4 is 15.7 Å². The van der Waals surface area contributed by atoms with E-state index >= 15 is 0 Å². The van der Waals surface area contributed by atoms with Crippen LogP contribution in [-0.4, -0.2) is 39.0 Å². The van der Waals surface area contributed by atoms with Gasteiger partial charge in [0.1, 0.15) is 10.7 Å². The average Bonchev–Trinajstić information content (AvgIpc) is 2.39. The van der Waals surface area contributed by atoms with Gasteiger partial charge in [-0.2, -0.15) is 0 Å². The Hall–Kier alpha value is -1.18. The van der Waals surface area contributed by atoms with E-state index < -0.39 is 20.7 Å². The van der Waals surface area contributed by atoms with E-state index in [1.165, 1.54) is 12.1 Å². The zero-order valence-electron chi connectivity index (χ0n) is 11.0. The van der Waals surface area contributed by atoms with Gasteiger partial charge in [0, 0.05) is 12.6 Å². The summed E-state index contributed by atoms with van der Waals surface area (Å²) in [5.74, 6) is -0.471. The Kier molecular flexibility index (Phi) is 3.43. The molecule has 3 aliphatic rings. The fourth-order valence-corrected chi connectivity index (χ4v) is 4.65. The van der Waals surface area contributed by atoms with Crippen molar-refractivity contribution in [1.29, 1.82) is 0 Å². The van der Waals surface area contributed by atoms with Gasteiger partial charge in [0.15, 0.2) is 0 Å². The van der Waals surface area contributed by atoms with Crippen LogP contribution in [0.4, 0.5) is 10.1 Å². The Morgan fingerprint density at radius 1 is 1.30 bits per heavy atom. The fraction of sp³-hybridized carbons (Fsp3) is 0.538. The normalized spacial score (nSPS) is 29.6. The van der Waals surface area contributed by atoms with E-state index in [4.69, 9.17) is 5.73 Å². The van der Waals surface area contributed by atoms with E-state index in [2.05, 4.69) is 9.62 Å². The molecule has 3 fully saturated rings. The summed E-state index contributed by atoms with van der Waals surface area (Å²) >= 11 is 0. The molecule has 0 aliphatic carbocycles. The van der Waals surface area contributed by atoms with Crippen molar-refractivity contribution in [3.63, 3.8) is 0 Å². The van der Waals surface area contributed by atoms with E-state index in [0.717, 1.165) is 32.0 Å². The molecule has 1 aromatic rings. The Labute approximate surface area is 118 Å². The van der Waals surface area contributed by atoms with Crippen LogP contribution in [0.2, 0.25) is 0 Å². The van der Waals surface area contributed by atoms with Crippen LogP contribution in [0.5, 0.6) is 0 Å². The van der Waals surface area contributed by atoms with Crippen molar-refractivity contribution in [3.8, 4) is 0 Å². The summed E-state index contributed by atoms with van der Waals surface area (Å²) < 4.78 is 41.2. The van der Waals surface area contributed by atoms with Crippen LogP contribution in [0.15, 0.2) is 23.1 Å². The number of nitrogens with one attached hydrogen (secondary N) is 1. The molecule has 5 nitrogen and oxygen atoms in total. The van der Waals surface area contributed by atoms with E-state index in [0.29, 0.717) is 12.5 Å². The van der Waals surface area contributed by atoms with Crippen molar-refractivity contribution in [2.24, 2.45) is 5.92 Å². The van der Waals surface area contributed by atoms with Crippen molar-refractivity contribution in [2.45, 2.75) is 23.8 Å². The first kappa shape index (κ1) is 13.8. The highest BCUT2D eigenvalue weighted by Gasteiger charge is 2.37. The zero-order chi connectivity index (χ0) is 14.3. The summed E-state index contributed by atoms with van der Waals surface area (Å²) in [6.07, 6.45) is 1.97. The summed E-state index contributed by atoms with van der Waals surface area (Å²) in [5, 5.41) is 0. The number of piperidine rings is 3. The minimum absolute atomic E-state index is 0.0567. The largest absolute Gasteiger partial charge is 0.398 e. The van der Waals surface area contributed by atoms with E-state index in [1.807, 2.05) is 0 Å². The quantitative estimate of drug-likeness (QED) is 0.809. The molecule has 0 spiro atoms. The van der Waals surface area contributed by atoms with Gasteiger partial charge in [0.2, 0.25) is 10.0 Å². The molecule has 3 aliphatic heterocycles. The molecule has 0 aromatic heterocycles. The second-order valence-corrected chi connectivity index (χ2v) is 7.17. The highest BCUT2D eigenvalue weighted by Crippen LogP contribution is 2.29. The first-order chi connectivity index (χ1) is 9.47. The number of hydrogen-bond acceptors (Lipinski definition) is 4. The lowest BCUT2D eigenvalue weighted by Gasteiger charge is -2.44. The van der Waals surface area contributed by atoms with Crippen LogP contribution in [0.1, 0.15) is 12.8 Å². The number of benzene rings is 1. The van der Waals surface area contributed by atoms with Gasteiger partial charge in [0.05, 0.1) is 5.69 Å². The standard InChI is InChI=1S/C13H18FN3O2S/c14-10-2-1-3-11(15)13(10)20(18,19)16-12-8-17-6-4-9(12)5-7-17/h1-3,9,12,16H,4-8,15H2. The van der Waals surface area contributed by atoms with Crippen LogP contribution in [-0.2, 0) is 10.0 Å². The summed E-state index contributed by atoms with van der Waals surface area (Å²) in [4.78, 5) is 1.80. The lowest BCUT2D eigenvalue weighted by molar-refractivity contribution is 0.0827. The van der Waals surface area contributed by atoms with Gasteiger partial charge in [-0.1, -0.05) is 6.07 Å². The Balaban J connectivity index is 1.86. The molecule has 0 saturated carbocycles. The highest BCUT2D eigenvalue weighted by molar-refractivity contribution is 7.89. The molecule has 7 heteroatoms. The van der Waals surface area contributed by atoms with E-state index in [9.17, 15) is 12.8 Å². The lowest BCUT2D eigenvalue weighted by Crippen LogP contribution is -2.57. The Morgan fingerprint density at radius 2 is 2.00 bits per heavy atom. The number of anilines is 1. The predicted octanol–water partition coefficient (Wildman–Crippen LogP) is 0.780. The monoisotopic (exact) mass is 299 g/mol. The van der Waals surface area contributed by atoms with Crippen LogP contribution in [0, 0.1) is 11.7 Å². The first-order valence-electron chi connectivity index (χ1n) is 6.76. The molecular formula is C13H18FN3O2S. The van der Waals surface area contributed by atoms with Crippen molar-refractivity contribution in [3.05, 3.63) is 24.0 Å². The molecule has 0 amide bonds. The van der Waals surface area contributed by atoms with Crippen molar-refractivity contribution in [2.75, 3.05) is 25.4 Å². The number of halogens is 1. The van der Waals surface area contributed by atoms with Gasteiger partial charge in [-0.05, 0) is 44.0 Å². The number of hydrogen-bond donors (Lipinski definition) is 2.